The lowest BCUT2D eigenvalue weighted by atomic mass is 10.0. The first-order chi connectivity index (χ1) is 13.8. The Hall–Kier alpha value is -2.93. The van der Waals surface area contributed by atoms with Gasteiger partial charge in [0.1, 0.15) is 11.9 Å². The molecule has 1 aromatic carbocycles. The van der Waals surface area contributed by atoms with Crippen molar-refractivity contribution >= 4 is 35.2 Å². The minimum Gasteiger partial charge on any atom is -0.451 e. The number of carbonyl (C=O) groups is 3. The van der Waals surface area contributed by atoms with Crippen molar-refractivity contribution in [1.82, 2.24) is 10.3 Å². The minimum atomic E-state index is -1.06. The number of nitrogens with zero attached hydrogens (tertiary/aromatic N) is 1. The average Bonchev–Trinajstić information content (AvgIpc) is 2.68. The number of aromatic nitrogens is 1. The van der Waals surface area contributed by atoms with E-state index in [1.165, 1.54) is 19.2 Å². The molecular formula is C21H24ClN3O4. The number of hydrogen-bond acceptors (Lipinski definition) is 5. The average molecular weight is 418 g/mol. The van der Waals surface area contributed by atoms with Gasteiger partial charge in [-0.15, -0.1) is 0 Å². The third-order valence-electron chi connectivity index (χ3n) is 4.09. The third-order valence-corrected chi connectivity index (χ3v) is 4.31. The molecule has 154 valence electrons. The van der Waals surface area contributed by atoms with Crippen LogP contribution in [0.3, 0.4) is 0 Å². The van der Waals surface area contributed by atoms with Gasteiger partial charge in [0.2, 0.25) is 5.91 Å². The van der Waals surface area contributed by atoms with E-state index in [1.807, 2.05) is 30.3 Å². The zero-order chi connectivity index (χ0) is 21.4. The standard InChI is InChI=1S/C21H24ClN3O4/c1-13(2)19(25-18(26)11-15-7-5-4-6-8-15)21(28)29-14(3)20(27)24-17-10-9-16(22)12-23-17/h4-10,12-14,19H,11H2,1-3H3,(H,25,26)(H,23,24,27)/t14-,19+/m1/s1. The topological polar surface area (TPSA) is 97.4 Å². The Morgan fingerprint density at radius 3 is 2.34 bits per heavy atom. The quantitative estimate of drug-likeness (QED) is 0.643. The Morgan fingerprint density at radius 1 is 1.07 bits per heavy atom. The highest BCUT2D eigenvalue weighted by Gasteiger charge is 2.29. The summed E-state index contributed by atoms with van der Waals surface area (Å²) >= 11 is 5.76. The van der Waals surface area contributed by atoms with Crippen LogP contribution in [0.2, 0.25) is 5.02 Å². The fourth-order valence-corrected chi connectivity index (χ4v) is 2.59. The first kappa shape index (κ1) is 22.4. The van der Waals surface area contributed by atoms with E-state index in [0.29, 0.717) is 10.8 Å². The molecule has 0 aliphatic rings. The molecule has 0 aliphatic carbocycles. The van der Waals surface area contributed by atoms with Crippen LogP contribution in [-0.2, 0) is 25.5 Å². The summed E-state index contributed by atoms with van der Waals surface area (Å²) in [6.45, 7) is 5.03. The molecule has 2 N–H and O–H groups in total. The molecule has 2 aromatic rings. The zero-order valence-corrected chi connectivity index (χ0v) is 17.3. The predicted octanol–water partition coefficient (Wildman–Crippen LogP) is 2.99. The smallest absolute Gasteiger partial charge is 0.329 e. The van der Waals surface area contributed by atoms with E-state index in [1.54, 1.807) is 19.9 Å². The number of carbonyl (C=O) groups excluding carboxylic acids is 3. The Balaban J connectivity index is 1.92. The number of anilines is 1. The van der Waals surface area contributed by atoms with Gasteiger partial charge in [0.15, 0.2) is 6.10 Å². The predicted molar refractivity (Wildman–Crippen MR) is 110 cm³/mol. The molecule has 0 unspecified atom stereocenters. The highest BCUT2D eigenvalue weighted by Crippen LogP contribution is 2.11. The lowest BCUT2D eigenvalue weighted by Crippen LogP contribution is -2.47. The first-order valence-electron chi connectivity index (χ1n) is 9.22. The van der Waals surface area contributed by atoms with Crippen LogP contribution < -0.4 is 10.6 Å². The molecule has 1 aromatic heterocycles. The monoisotopic (exact) mass is 417 g/mol. The van der Waals surface area contributed by atoms with Crippen molar-refractivity contribution < 1.29 is 19.1 Å². The summed E-state index contributed by atoms with van der Waals surface area (Å²) in [5.41, 5.74) is 0.837. The Morgan fingerprint density at radius 2 is 1.76 bits per heavy atom. The van der Waals surface area contributed by atoms with Gasteiger partial charge in [0.05, 0.1) is 11.4 Å². The summed E-state index contributed by atoms with van der Waals surface area (Å²) < 4.78 is 5.26. The SMILES string of the molecule is CC(C)[C@H](NC(=O)Cc1ccccc1)C(=O)O[C@H](C)C(=O)Nc1ccc(Cl)cn1. The number of hydrogen-bond donors (Lipinski definition) is 2. The van der Waals surface area contributed by atoms with Gasteiger partial charge in [-0.2, -0.15) is 0 Å². The van der Waals surface area contributed by atoms with Gasteiger partial charge < -0.3 is 15.4 Å². The molecule has 2 atom stereocenters. The maximum atomic E-state index is 12.5. The van der Waals surface area contributed by atoms with Crippen molar-refractivity contribution in [2.24, 2.45) is 5.92 Å². The number of ether oxygens (including phenoxy) is 1. The largest absolute Gasteiger partial charge is 0.451 e. The zero-order valence-electron chi connectivity index (χ0n) is 16.5. The minimum absolute atomic E-state index is 0.148. The summed E-state index contributed by atoms with van der Waals surface area (Å²) in [7, 11) is 0. The molecular weight excluding hydrogens is 394 g/mol. The number of halogens is 1. The van der Waals surface area contributed by atoms with E-state index in [0.717, 1.165) is 5.56 Å². The molecule has 0 radical (unpaired) electrons. The highest BCUT2D eigenvalue weighted by molar-refractivity contribution is 6.30. The van der Waals surface area contributed by atoms with Gasteiger partial charge in [-0.3, -0.25) is 9.59 Å². The summed E-state index contributed by atoms with van der Waals surface area (Å²) in [6.07, 6.45) is 0.479. The molecule has 0 aliphatic heterocycles. The number of nitrogens with one attached hydrogen (secondary N) is 2. The van der Waals surface area contributed by atoms with Gasteiger partial charge in [-0.1, -0.05) is 55.8 Å². The second kappa shape index (κ2) is 10.6. The van der Waals surface area contributed by atoms with Crippen LogP contribution in [0.5, 0.6) is 0 Å². The van der Waals surface area contributed by atoms with Gasteiger partial charge in [-0.05, 0) is 30.5 Å². The maximum Gasteiger partial charge on any atom is 0.329 e. The number of benzene rings is 1. The van der Waals surface area contributed by atoms with E-state index >= 15 is 0 Å². The van der Waals surface area contributed by atoms with Gasteiger partial charge in [-0.25, -0.2) is 9.78 Å². The maximum absolute atomic E-state index is 12.5. The number of rotatable bonds is 8. The van der Waals surface area contributed by atoms with Crippen LogP contribution in [0.15, 0.2) is 48.7 Å². The molecule has 0 saturated carbocycles. The molecule has 2 rings (SSSR count). The summed E-state index contributed by atoms with van der Waals surface area (Å²) in [4.78, 5) is 41.0. The second-order valence-electron chi connectivity index (χ2n) is 6.88. The van der Waals surface area contributed by atoms with E-state index < -0.39 is 24.0 Å². The van der Waals surface area contributed by atoms with Crippen LogP contribution in [-0.4, -0.2) is 34.9 Å². The lowest BCUT2D eigenvalue weighted by molar-refractivity contribution is -0.157. The highest BCUT2D eigenvalue weighted by atomic mass is 35.5. The third kappa shape index (κ3) is 7.19. The van der Waals surface area contributed by atoms with E-state index in [4.69, 9.17) is 16.3 Å². The fraction of sp³-hybridized carbons (Fsp3) is 0.333. The second-order valence-corrected chi connectivity index (χ2v) is 7.32. The molecule has 0 saturated heterocycles. The van der Waals surface area contributed by atoms with Crippen LogP contribution in [0, 0.1) is 5.92 Å². The van der Waals surface area contributed by atoms with Crippen molar-refractivity contribution in [2.45, 2.75) is 39.3 Å². The van der Waals surface area contributed by atoms with Gasteiger partial charge >= 0.3 is 5.97 Å². The van der Waals surface area contributed by atoms with Gasteiger partial charge in [0, 0.05) is 6.20 Å². The molecule has 0 fully saturated rings. The first-order valence-corrected chi connectivity index (χ1v) is 9.60. The van der Waals surface area contributed by atoms with Gasteiger partial charge in [0.25, 0.3) is 5.91 Å². The number of esters is 1. The Kier molecular flexibility index (Phi) is 8.15. The molecule has 7 nitrogen and oxygen atoms in total. The molecule has 0 bridgehead atoms. The summed E-state index contributed by atoms with van der Waals surface area (Å²) in [6, 6.07) is 11.5. The fourth-order valence-electron chi connectivity index (χ4n) is 2.48. The van der Waals surface area contributed by atoms with E-state index in [2.05, 4.69) is 15.6 Å². The molecule has 1 heterocycles. The summed E-state index contributed by atoms with van der Waals surface area (Å²) in [5.74, 6) is -1.43. The normalized spacial score (nSPS) is 12.7. The van der Waals surface area contributed by atoms with Crippen molar-refractivity contribution in [3.8, 4) is 0 Å². The number of pyridine rings is 1. The van der Waals surface area contributed by atoms with Crippen LogP contribution >= 0.6 is 11.6 Å². The molecule has 29 heavy (non-hydrogen) atoms. The summed E-state index contributed by atoms with van der Waals surface area (Å²) in [5, 5.41) is 5.67. The Bertz CT molecular complexity index is 841. The molecule has 0 spiro atoms. The molecule has 8 heteroatoms. The number of amides is 2. The van der Waals surface area contributed by atoms with Crippen LogP contribution in [0.4, 0.5) is 5.82 Å². The van der Waals surface area contributed by atoms with Crippen molar-refractivity contribution in [2.75, 3.05) is 5.32 Å². The van der Waals surface area contributed by atoms with Crippen molar-refractivity contribution in [3.05, 3.63) is 59.2 Å². The molecule has 2 amide bonds. The van der Waals surface area contributed by atoms with Crippen molar-refractivity contribution in [1.29, 1.82) is 0 Å². The van der Waals surface area contributed by atoms with Crippen LogP contribution in [0.1, 0.15) is 26.3 Å². The van der Waals surface area contributed by atoms with Crippen molar-refractivity contribution in [3.63, 3.8) is 0 Å². The van der Waals surface area contributed by atoms with Crippen LogP contribution in [0.25, 0.3) is 0 Å². The van der Waals surface area contributed by atoms with E-state index in [9.17, 15) is 14.4 Å². The van der Waals surface area contributed by atoms with E-state index in [-0.39, 0.29) is 18.2 Å². The Labute approximate surface area is 174 Å². The lowest BCUT2D eigenvalue weighted by Gasteiger charge is -2.23.